The number of nitrogens with one attached hydrogen (secondary N) is 1. The monoisotopic (exact) mass is 167 g/mol. The largest absolute Gasteiger partial charge is 0.330 e. The van der Waals surface area contributed by atoms with Crippen LogP contribution < -0.4 is 5.73 Å². The van der Waals surface area contributed by atoms with Crippen molar-refractivity contribution >= 4 is 0 Å². The van der Waals surface area contributed by atoms with E-state index in [1.807, 2.05) is 6.20 Å². The fraction of sp³-hybridized carbons (Fsp3) is 0.667. The molecule has 1 rings (SSSR count). The molecule has 0 fully saturated rings. The van der Waals surface area contributed by atoms with E-state index >= 15 is 0 Å². The smallest absolute Gasteiger partial charge is 0.0522 e. The van der Waals surface area contributed by atoms with Crippen molar-refractivity contribution in [2.45, 2.75) is 32.6 Å². The molecule has 0 aliphatic rings. The Labute approximate surface area is 73.4 Å². The molecule has 3 N–H and O–H groups in total. The van der Waals surface area contributed by atoms with Crippen LogP contribution in [0.4, 0.5) is 0 Å². The fourth-order valence-corrected chi connectivity index (χ4v) is 1.32. The highest BCUT2D eigenvalue weighted by Gasteiger charge is 2.02. The van der Waals surface area contributed by atoms with Gasteiger partial charge in [0.25, 0.3) is 0 Å². The molecule has 0 spiro atoms. The minimum Gasteiger partial charge on any atom is -0.330 e. The number of rotatable bonds is 5. The van der Waals surface area contributed by atoms with Crippen molar-refractivity contribution in [2.75, 3.05) is 6.54 Å². The lowest BCUT2D eigenvalue weighted by molar-refractivity contribution is 0.788. The van der Waals surface area contributed by atoms with Gasteiger partial charge in [0.15, 0.2) is 0 Å². The summed E-state index contributed by atoms with van der Waals surface area (Å²) in [6.45, 7) is 2.93. The van der Waals surface area contributed by atoms with E-state index in [4.69, 9.17) is 5.73 Å². The van der Waals surface area contributed by atoms with Crippen LogP contribution in [0, 0.1) is 0 Å². The molecule has 1 aromatic heterocycles. The van der Waals surface area contributed by atoms with E-state index in [9.17, 15) is 0 Å². The maximum Gasteiger partial charge on any atom is 0.0522 e. The Morgan fingerprint density at radius 1 is 1.50 bits per heavy atom. The third-order valence-corrected chi connectivity index (χ3v) is 1.96. The van der Waals surface area contributed by atoms with Gasteiger partial charge in [0.05, 0.1) is 6.20 Å². The van der Waals surface area contributed by atoms with Crippen LogP contribution in [-0.4, -0.2) is 16.7 Å². The summed E-state index contributed by atoms with van der Waals surface area (Å²) in [6.07, 6.45) is 6.30. The van der Waals surface area contributed by atoms with Crippen LogP contribution in [0.5, 0.6) is 0 Å². The molecular weight excluding hydrogens is 150 g/mol. The Morgan fingerprint density at radius 3 is 3.00 bits per heavy atom. The van der Waals surface area contributed by atoms with Crippen LogP contribution in [0.25, 0.3) is 0 Å². The summed E-state index contributed by atoms with van der Waals surface area (Å²) in [5.41, 5.74) is 8.05. The highest BCUT2D eigenvalue weighted by molar-refractivity contribution is 5.16. The van der Waals surface area contributed by atoms with Gasteiger partial charge in [0, 0.05) is 5.69 Å². The van der Waals surface area contributed by atoms with Crippen LogP contribution >= 0.6 is 0 Å². The maximum atomic E-state index is 5.43. The molecule has 0 aromatic carbocycles. The van der Waals surface area contributed by atoms with Crippen LogP contribution in [0.2, 0.25) is 0 Å². The fourth-order valence-electron chi connectivity index (χ4n) is 1.32. The third kappa shape index (κ3) is 2.34. The molecule has 0 unspecified atom stereocenters. The minimum absolute atomic E-state index is 0.755. The first kappa shape index (κ1) is 9.26. The zero-order chi connectivity index (χ0) is 8.81. The normalized spacial score (nSPS) is 10.5. The van der Waals surface area contributed by atoms with Gasteiger partial charge in [0.1, 0.15) is 0 Å². The predicted octanol–water partition coefficient (Wildman–Crippen LogP) is 1.25. The quantitative estimate of drug-likeness (QED) is 0.693. The summed E-state index contributed by atoms with van der Waals surface area (Å²) in [5.74, 6) is 0. The lowest BCUT2D eigenvalue weighted by atomic mass is 10.1. The molecule has 0 aliphatic carbocycles. The molecule has 0 aliphatic heterocycles. The number of hydrogen-bond acceptors (Lipinski definition) is 2. The molecule has 0 radical (unpaired) electrons. The maximum absolute atomic E-state index is 5.43. The average molecular weight is 167 g/mol. The molecule has 0 atom stereocenters. The van der Waals surface area contributed by atoms with Crippen molar-refractivity contribution in [2.24, 2.45) is 5.73 Å². The van der Waals surface area contributed by atoms with Gasteiger partial charge in [0.2, 0.25) is 0 Å². The molecule has 0 saturated carbocycles. The number of aromatic amines is 1. The van der Waals surface area contributed by atoms with Crippen molar-refractivity contribution in [1.29, 1.82) is 0 Å². The van der Waals surface area contributed by atoms with E-state index in [1.165, 1.54) is 17.7 Å². The van der Waals surface area contributed by atoms with Crippen LogP contribution in [0.3, 0.4) is 0 Å². The minimum atomic E-state index is 0.755. The number of aryl methyl sites for hydroxylation is 2. The Morgan fingerprint density at radius 2 is 2.33 bits per heavy atom. The highest BCUT2D eigenvalue weighted by Crippen LogP contribution is 2.08. The summed E-state index contributed by atoms with van der Waals surface area (Å²) in [7, 11) is 0. The summed E-state index contributed by atoms with van der Waals surface area (Å²) < 4.78 is 0. The lowest BCUT2D eigenvalue weighted by Gasteiger charge is -1.99. The van der Waals surface area contributed by atoms with Gasteiger partial charge in [-0.3, -0.25) is 5.10 Å². The number of aromatic nitrogens is 2. The zero-order valence-electron chi connectivity index (χ0n) is 7.64. The standard InChI is InChI=1S/C9H17N3/c1-2-4-8-7-11-12-9(8)5-3-6-10/h7H,2-6,10H2,1H3,(H,11,12). The Balaban J connectivity index is 2.51. The average Bonchev–Trinajstić information content (AvgIpc) is 2.50. The lowest BCUT2D eigenvalue weighted by Crippen LogP contribution is -2.02. The van der Waals surface area contributed by atoms with Crippen LogP contribution in [-0.2, 0) is 12.8 Å². The Kier molecular flexibility index (Phi) is 3.80. The van der Waals surface area contributed by atoms with E-state index in [1.54, 1.807) is 0 Å². The molecule has 12 heavy (non-hydrogen) atoms. The molecular formula is C9H17N3. The van der Waals surface area contributed by atoms with Crippen molar-refractivity contribution in [3.63, 3.8) is 0 Å². The van der Waals surface area contributed by atoms with Crippen molar-refractivity contribution in [1.82, 2.24) is 10.2 Å². The summed E-state index contributed by atoms with van der Waals surface area (Å²) in [5, 5.41) is 7.05. The van der Waals surface area contributed by atoms with Crippen LogP contribution in [0.15, 0.2) is 6.20 Å². The first-order chi connectivity index (χ1) is 5.88. The van der Waals surface area contributed by atoms with Gasteiger partial charge in [-0.05, 0) is 31.4 Å². The molecule has 1 heterocycles. The first-order valence-corrected chi connectivity index (χ1v) is 4.59. The predicted molar refractivity (Wildman–Crippen MR) is 50.0 cm³/mol. The van der Waals surface area contributed by atoms with E-state index in [-0.39, 0.29) is 0 Å². The first-order valence-electron chi connectivity index (χ1n) is 4.59. The third-order valence-electron chi connectivity index (χ3n) is 1.96. The molecule has 0 saturated heterocycles. The van der Waals surface area contributed by atoms with Gasteiger partial charge in [-0.25, -0.2) is 0 Å². The summed E-state index contributed by atoms with van der Waals surface area (Å²) in [4.78, 5) is 0. The number of H-pyrrole nitrogens is 1. The summed E-state index contributed by atoms with van der Waals surface area (Å²) >= 11 is 0. The highest BCUT2D eigenvalue weighted by atomic mass is 15.1. The number of nitrogens with zero attached hydrogens (tertiary/aromatic N) is 1. The van der Waals surface area contributed by atoms with E-state index in [0.717, 1.165) is 25.8 Å². The molecule has 3 heteroatoms. The van der Waals surface area contributed by atoms with E-state index in [0.29, 0.717) is 0 Å². The SMILES string of the molecule is CCCc1cn[nH]c1CCCN. The van der Waals surface area contributed by atoms with Gasteiger partial charge < -0.3 is 5.73 Å². The summed E-state index contributed by atoms with van der Waals surface area (Å²) in [6, 6.07) is 0. The van der Waals surface area contributed by atoms with Gasteiger partial charge >= 0.3 is 0 Å². The number of hydrogen-bond donors (Lipinski definition) is 2. The molecule has 0 bridgehead atoms. The second kappa shape index (κ2) is 4.93. The van der Waals surface area contributed by atoms with Crippen molar-refractivity contribution < 1.29 is 0 Å². The van der Waals surface area contributed by atoms with E-state index in [2.05, 4.69) is 17.1 Å². The number of nitrogens with two attached hydrogens (primary N) is 1. The second-order valence-corrected chi connectivity index (χ2v) is 3.02. The molecule has 68 valence electrons. The topological polar surface area (TPSA) is 54.7 Å². The van der Waals surface area contributed by atoms with Crippen molar-refractivity contribution in [3.05, 3.63) is 17.5 Å². The van der Waals surface area contributed by atoms with Gasteiger partial charge in [-0.1, -0.05) is 13.3 Å². The van der Waals surface area contributed by atoms with Gasteiger partial charge in [-0.2, -0.15) is 5.10 Å². The van der Waals surface area contributed by atoms with Gasteiger partial charge in [-0.15, -0.1) is 0 Å². The molecule has 3 nitrogen and oxygen atoms in total. The Bertz CT molecular complexity index is 217. The Hall–Kier alpha value is -0.830. The van der Waals surface area contributed by atoms with E-state index < -0.39 is 0 Å². The molecule has 1 aromatic rings. The van der Waals surface area contributed by atoms with Crippen LogP contribution in [0.1, 0.15) is 31.0 Å². The second-order valence-electron chi connectivity index (χ2n) is 3.02. The molecule has 0 amide bonds. The van der Waals surface area contributed by atoms with Crippen molar-refractivity contribution in [3.8, 4) is 0 Å². The zero-order valence-corrected chi connectivity index (χ0v) is 7.64.